The molecule has 0 fully saturated rings. The molecular weight excluding hydrogens is 276 g/mol. The van der Waals surface area contributed by atoms with Crippen molar-refractivity contribution in [2.24, 2.45) is 0 Å². The van der Waals surface area contributed by atoms with Gasteiger partial charge in [-0.05, 0) is 13.8 Å². The highest BCUT2D eigenvalue weighted by Gasteiger charge is 2.18. The largest absolute Gasteiger partial charge is 0.493 e. The molecule has 1 aromatic rings. The molecule has 0 aromatic heterocycles. The van der Waals surface area contributed by atoms with E-state index in [2.05, 4.69) is 10.6 Å². The molecule has 0 aliphatic rings. The molecule has 0 aliphatic carbocycles. The van der Waals surface area contributed by atoms with Crippen molar-refractivity contribution in [1.29, 1.82) is 0 Å². The summed E-state index contributed by atoms with van der Waals surface area (Å²) in [6, 6.07) is 2.97. The smallest absolute Gasteiger partial charge is 0.313 e. The summed E-state index contributed by atoms with van der Waals surface area (Å²) in [5.41, 5.74) is 0.369. The van der Waals surface area contributed by atoms with Crippen LogP contribution in [-0.2, 0) is 9.59 Å². The molecule has 21 heavy (non-hydrogen) atoms. The standard InChI is InChI=1S/C14H20N2O5/c1-8(2)15-13(17)14(18)16-9-6-10(19-3)12(21-5)11(7-9)20-4/h6-8H,1-5H3,(H,15,17)(H,16,18). The topological polar surface area (TPSA) is 85.9 Å². The van der Waals surface area contributed by atoms with Gasteiger partial charge in [0, 0.05) is 23.9 Å². The van der Waals surface area contributed by atoms with Crippen LogP contribution in [0.25, 0.3) is 0 Å². The van der Waals surface area contributed by atoms with Gasteiger partial charge in [0.05, 0.1) is 21.3 Å². The predicted molar refractivity (Wildman–Crippen MR) is 78.0 cm³/mol. The van der Waals surface area contributed by atoms with Gasteiger partial charge in [0.15, 0.2) is 11.5 Å². The summed E-state index contributed by atoms with van der Waals surface area (Å²) in [4.78, 5) is 23.3. The van der Waals surface area contributed by atoms with Gasteiger partial charge in [-0.1, -0.05) is 0 Å². The van der Waals surface area contributed by atoms with Crippen molar-refractivity contribution in [1.82, 2.24) is 5.32 Å². The van der Waals surface area contributed by atoms with Crippen LogP contribution >= 0.6 is 0 Å². The molecular formula is C14H20N2O5. The zero-order valence-corrected chi connectivity index (χ0v) is 12.8. The summed E-state index contributed by atoms with van der Waals surface area (Å²) >= 11 is 0. The molecule has 2 N–H and O–H groups in total. The van der Waals surface area contributed by atoms with E-state index in [1.54, 1.807) is 26.0 Å². The maximum atomic E-state index is 11.8. The number of nitrogens with one attached hydrogen (secondary N) is 2. The average Bonchev–Trinajstić information content (AvgIpc) is 2.45. The van der Waals surface area contributed by atoms with Crippen molar-refractivity contribution in [3.63, 3.8) is 0 Å². The molecule has 0 spiro atoms. The van der Waals surface area contributed by atoms with E-state index in [0.717, 1.165) is 0 Å². The minimum atomic E-state index is -0.766. The number of carbonyl (C=O) groups is 2. The van der Waals surface area contributed by atoms with E-state index in [-0.39, 0.29) is 6.04 Å². The number of rotatable bonds is 5. The number of methoxy groups -OCH3 is 3. The number of anilines is 1. The summed E-state index contributed by atoms with van der Waals surface area (Å²) in [5, 5.41) is 4.99. The van der Waals surface area contributed by atoms with E-state index in [1.807, 2.05) is 0 Å². The highest BCUT2D eigenvalue weighted by Crippen LogP contribution is 2.39. The normalized spacial score (nSPS) is 10.0. The Labute approximate surface area is 123 Å². The molecule has 0 saturated heterocycles. The van der Waals surface area contributed by atoms with Crippen LogP contribution in [0.1, 0.15) is 13.8 Å². The summed E-state index contributed by atoms with van der Waals surface area (Å²) in [6.07, 6.45) is 0. The average molecular weight is 296 g/mol. The van der Waals surface area contributed by atoms with Crippen LogP contribution in [0, 0.1) is 0 Å². The molecule has 0 bridgehead atoms. The monoisotopic (exact) mass is 296 g/mol. The minimum Gasteiger partial charge on any atom is -0.493 e. The Kier molecular flexibility index (Phi) is 5.83. The summed E-state index contributed by atoms with van der Waals surface area (Å²) in [5.74, 6) is -0.297. The highest BCUT2D eigenvalue weighted by atomic mass is 16.5. The zero-order chi connectivity index (χ0) is 16.0. The number of ether oxygens (including phenoxy) is 3. The van der Waals surface area contributed by atoms with Crippen molar-refractivity contribution >= 4 is 17.5 Å². The molecule has 0 unspecified atom stereocenters. The third kappa shape index (κ3) is 4.27. The van der Waals surface area contributed by atoms with E-state index in [9.17, 15) is 9.59 Å². The lowest BCUT2D eigenvalue weighted by Gasteiger charge is -2.14. The van der Waals surface area contributed by atoms with Crippen LogP contribution in [-0.4, -0.2) is 39.2 Å². The first-order valence-electron chi connectivity index (χ1n) is 6.34. The number of hydrogen-bond donors (Lipinski definition) is 2. The first-order valence-corrected chi connectivity index (χ1v) is 6.34. The fourth-order valence-electron chi connectivity index (χ4n) is 1.67. The fourth-order valence-corrected chi connectivity index (χ4v) is 1.67. The van der Waals surface area contributed by atoms with Gasteiger partial charge in [-0.3, -0.25) is 9.59 Å². The van der Waals surface area contributed by atoms with Gasteiger partial charge in [-0.25, -0.2) is 0 Å². The fraction of sp³-hybridized carbons (Fsp3) is 0.429. The Bertz CT molecular complexity index is 503. The van der Waals surface area contributed by atoms with Crippen LogP contribution in [0.15, 0.2) is 12.1 Å². The van der Waals surface area contributed by atoms with Gasteiger partial charge >= 0.3 is 11.8 Å². The second kappa shape index (κ2) is 7.37. The summed E-state index contributed by atoms with van der Waals surface area (Å²) < 4.78 is 15.5. The minimum absolute atomic E-state index is 0.122. The van der Waals surface area contributed by atoms with Crippen LogP contribution in [0.5, 0.6) is 17.2 Å². The van der Waals surface area contributed by atoms with Gasteiger partial charge in [0.25, 0.3) is 0 Å². The molecule has 1 rings (SSSR count). The first-order chi connectivity index (χ1) is 9.92. The Morgan fingerprint density at radius 2 is 1.48 bits per heavy atom. The number of amides is 2. The van der Waals surface area contributed by atoms with Crippen molar-refractivity contribution < 1.29 is 23.8 Å². The molecule has 0 radical (unpaired) electrons. The van der Waals surface area contributed by atoms with Gasteiger partial charge in [0.2, 0.25) is 5.75 Å². The maximum absolute atomic E-state index is 11.8. The van der Waals surface area contributed by atoms with Gasteiger partial charge < -0.3 is 24.8 Å². The SMILES string of the molecule is COc1cc(NC(=O)C(=O)NC(C)C)cc(OC)c1OC. The Hall–Kier alpha value is -2.44. The van der Waals surface area contributed by atoms with Crippen LogP contribution < -0.4 is 24.8 Å². The summed E-state index contributed by atoms with van der Waals surface area (Å²) in [6.45, 7) is 3.54. The molecule has 0 aliphatic heterocycles. The van der Waals surface area contributed by atoms with Crippen molar-refractivity contribution in [2.45, 2.75) is 19.9 Å². The van der Waals surface area contributed by atoms with Crippen LogP contribution in [0.4, 0.5) is 5.69 Å². The molecule has 0 heterocycles. The molecule has 1 aromatic carbocycles. The lowest BCUT2D eigenvalue weighted by Crippen LogP contribution is -2.39. The number of benzene rings is 1. The molecule has 116 valence electrons. The van der Waals surface area contributed by atoms with Crippen molar-refractivity contribution in [3.8, 4) is 17.2 Å². The summed E-state index contributed by atoms with van der Waals surface area (Å²) in [7, 11) is 4.41. The van der Waals surface area contributed by atoms with Crippen molar-refractivity contribution in [3.05, 3.63) is 12.1 Å². The van der Waals surface area contributed by atoms with Crippen molar-refractivity contribution in [2.75, 3.05) is 26.6 Å². The molecule has 7 heteroatoms. The van der Waals surface area contributed by atoms with Crippen LogP contribution in [0.2, 0.25) is 0 Å². The zero-order valence-electron chi connectivity index (χ0n) is 12.8. The molecule has 2 amide bonds. The van der Waals surface area contributed by atoms with E-state index in [0.29, 0.717) is 22.9 Å². The van der Waals surface area contributed by atoms with Gasteiger partial charge in [-0.15, -0.1) is 0 Å². The molecule has 0 saturated carbocycles. The van der Waals surface area contributed by atoms with Gasteiger partial charge in [-0.2, -0.15) is 0 Å². The van der Waals surface area contributed by atoms with E-state index in [1.165, 1.54) is 21.3 Å². The van der Waals surface area contributed by atoms with E-state index >= 15 is 0 Å². The maximum Gasteiger partial charge on any atom is 0.313 e. The molecule has 0 atom stereocenters. The number of carbonyl (C=O) groups excluding carboxylic acids is 2. The Morgan fingerprint density at radius 1 is 0.952 bits per heavy atom. The van der Waals surface area contributed by atoms with Crippen LogP contribution in [0.3, 0.4) is 0 Å². The third-order valence-corrected chi connectivity index (χ3v) is 2.55. The second-order valence-corrected chi connectivity index (χ2v) is 4.50. The highest BCUT2D eigenvalue weighted by molar-refractivity contribution is 6.39. The first kappa shape index (κ1) is 16.6. The molecule has 7 nitrogen and oxygen atoms in total. The van der Waals surface area contributed by atoms with E-state index < -0.39 is 11.8 Å². The second-order valence-electron chi connectivity index (χ2n) is 4.50. The van der Waals surface area contributed by atoms with E-state index in [4.69, 9.17) is 14.2 Å². The lowest BCUT2D eigenvalue weighted by atomic mass is 10.2. The Morgan fingerprint density at radius 3 is 1.86 bits per heavy atom. The lowest BCUT2D eigenvalue weighted by molar-refractivity contribution is -0.136. The predicted octanol–water partition coefficient (Wildman–Crippen LogP) is 1.18. The van der Waals surface area contributed by atoms with Gasteiger partial charge in [0.1, 0.15) is 0 Å². The quantitative estimate of drug-likeness (QED) is 0.797. The third-order valence-electron chi connectivity index (χ3n) is 2.55. The number of hydrogen-bond acceptors (Lipinski definition) is 5. The Balaban J connectivity index is 2.98.